The Morgan fingerprint density at radius 3 is 2.22 bits per heavy atom. The summed E-state index contributed by atoms with van der Waals surface area (Å²) in [6.45, 7) is 10.2. The summed E-state index contributed by atoms with van der Waals surface area (Å²) in [5.74, 6) is 0.515. The van der Waals surface area contributed by atoms with E-state index in [-0.39, 0.29) is 17.9 Å². The minimum absolute atomic E-state index is 0.0662. The molecule has 1 amide bonds. The van der Waals surface area contributed by atoms with E-state index in [1.54, 1.807) is 18.5 Å². The molecule has 0 bridgehead atoms. The zero-order valence-electron chi connectivity index (χ0n) is 26.8. The van der Waals surface area contributed by atoms with E-state index in [1.807, 2.05) is 57.2 Å². The predicted molar refractivity (Wildman–Crippen MR) is 174 cm³/mol. The van der Waals surface area contributed by atoms with Gasteiger partial charge in [0, 0.05) is 48.2 Å². The Bertz CT molecular complexity index is 1600. The topological polar surface area (TPSA) is 67.3 Å². The van der Waals surface area contributed by atoms with Crippen molar-refractivity contribution in [3.63, 3.8) is 0 Å². The molecule has 2 aromatic carbocycles. The lowest BCUT2D eigenvalue weighted by molar-refractivity contribution is -0.137. The summed E-state index contributed by atoms with van der Waals surface area (Å²) in [6.07, 6.45) is 1.18. The molecule has 1 fully saturated rings. The van der Waals surface area contributed by atoms with E-state index in [4.69, 9.17) is 4.74 Å². The van der Waals surface area contributed by atoms with Gasteiger partial charge in [-0.25, -0.2) is 4.98 Å². The smallest absolute Gasteiger partial charge is 0.416 e. The van der Waals surface area contributed by atoms with E-state index in [9.17, 15) is 18.0 Å². The van der Waals surface area contributed by atoms with Crippen molar-refractivity contribution >= 4 is 5.91 Å². The van der Waals surface area contributed by atoms with Crippen molar-refractivity contribution in [2.24, 2.45) is 5.92 Å². The second-order valence-electron chi connectivity index (χ2n) is 12.3. The minimum Gasteiger partial charge on any atom is -0.469 e. The zero-order valence-corrected chi connectivity index (χ0v) is 26.8. The molecular weight excluding hydrogens is 589 g/mol. The van der Waals surface area contributed by atoms with Crippen LogP contribution in [0.2, 0.25) is 0 Å². The normalized spacial score (nSPS) is 15.7. The number of carbonyl (C=O) groups is 1. The standard InChI is InChI=1S/C37H41F3N4O2/c1-24-22-31(28-13-17-41-18-14-28)23-25(2)34(24)36(45)42-19-12-27(4)44-20-15-30(16-21-44)35(46-33-7-5-6-26(3)43-33)29-8-10-32(11-9-29)37(38,39)40/h5-11,13-14,17-18,22-23,27,30,35H,12,15-16,19-21H2,1-4H3,(H,42,45)/t27-,35-/m0/s1. The number of amides is 1. The van der Waals surface area contributed by atoms with Crippen molar-refractivity contribution in [2.75, 3.05) is 19.6 Å². The van der Waals surface area contributed by atoms with Crippen molar-refractivity contribution in [1.29, 1.82) is 0 Å². The maximum Gasteiger partial charge on any atom is 0.416 e. The first kappa shape index (κ1) is 33.1. The molecule has 9 heteroatoms. The van der Waals surface area contributed by atoms with Gasteiger partial charge in [0.05, 0.1) is 5.56 Å². The average Bonchev–Trinajstić information content (AvgIpc) is 3.03. The Hall–Kier alpha value is -4.24. The maximum atomic E-state index is 13.2. The molecule has 1 aliphatic heterocycles. The highest BCUT2D eigenvalue weighted by molar-refractivity contribution is 5.97. The Morgan fingerprint density at radius 2 is 1.61 bits per heavy atom. The molecule has 2 aromatic heterocycles. The predicted octanol–water partition coefficient (Wildman–Crippen LogP) is 8.13. The fourth-order valence-corrected chi connectivity index (χ4v) is 6.37. The molecule has 0 radical (unpaired) electrons. The van der Waals surface area contributed by atoms with Gasteiger partial charge < -0.3 is 15.0 Å². The number of nitrogens with zero attached hydrogens (tertiary/aromatic N) is 3. The third-order valence-electron chi connectivity index (χ3n) is 8.92. The van der Waals surface area contributed by atoms with Gasteiger partial charge in [0.1, 0.15) is 6.10 Å². The van der Waals surface area contributed by atoms with Crippen LogP contribution < -0.4 is 10.1 Å². The van der Waals surface area contributed by atoms with Crippen LogP contribution >= 0.6 is 0 Å². The fourth-order valence-electron chi connectivity index (χ4n) is 6.37. The average molecular weight is 631 g/mol. The summed E-state index contributed by atoms with van der Waals surface area (Å²) in [7, 11) is 0. The SMILES string of the molecule is Cc1cccc(O[C@@H](c2ccc(C(F)(F)F)cc2)C2CCN([C@@H](C)CCNC(=O)c3c(C)cc(-c4ccncc4)cc3C)CC2)n1. The van der Waals surface area contributed by atoms with Crippen molar-refractivity contribution in [3.05, 3.63) is 113 Å². The van der Waals surface area contributed by atoms with Gasteiger partial charge in [0.25, 0.3) is 5.91 Å². The summed E-state index contributed by atoms with van der Waals surface area (Å²) in [5, 5.41) is 3.12. The van der Waals surface area contributed by atoms with Gasteiger partial charge in [-0.3, -0.25) is 9.78 Å². The number of ether oxygens (including phenoxy) is 1. The van der Waals surface area contributed by atoms with E-state index in [0.717, 1.165) is 72.4 Å². The number of aryl methyl sites for hydroxylation is 3. The summed E-state index contributed by atoms with van der Waals surface area (Å²) >= 11 is 0. The summed E-state index contributed by atoms with van der Waals surface area (Å²) in [4.78, 5) is 24.2. The van der Waals surface area contributed by atoms with Crippen LogP contribution in [-0.2, 0) is 6.18 Å². The number of likely N-dealkylation sites (tertiary alicyclic amines) is 1. The molecule has 0 spiro atoms. The number of pyridine rings is 2. The Balaban J connectivity index is 1.17. The number of hydrogen-bond acceptors (Lipinski definition) is 5. The number of halogens is 3. The summed E-state index contributed by atoms with van der Waals surface area (Å²) in [5.41, 5.74) is 5.56. The number of alkyl halides is 3. The van der Waals surface area contributed by atoms with Gasteiger partial charge in [-0.1, -0.05) is 30.3 Å². The van der Waals surface area contributed by atoms with Crippen molar-refractivity contribution in [2.45, 2.75) is 65.3 Å². The van der Waals surface area contributed by atoms with Crippen LogP contribution in [0.25, 0.3) is 11.1 Å². The van der Waals surface area contributed by atoms with Gasteiger partial charge in [-0.05, 0) is 118 Å². The molecule has 0 aliphatic carbocycles. The Kier molecular flexibility index (Phi) is 10.4. The fraction of sp³-hybridized carbons (Fsp3) is 0.378. The number of aromatic nitrogens is 2. The van der Waals surface area contributed by atoms with E-state index < -0.39 is 17.8 Å². The molecule has 2 atom stereocenters. The monoisotopic (exact) mass is 630 g/mol. The van der Waals surface area contributed by atoms with E-state index in [2.05, 4.69) is 27.1 Å². The quantitative estimate of drug-likeness (QED) is 0.192. The second-order valence-corrected chi connectivity index (χ2v) is 12.3. The van der Waals surface area contributed by atoms with Crippen LogP contribution in [0.1, 0.15) is 70.6 Å². The first-order chi connectivity index (χ1) is 22.0. The number of hydrogen-bond donors (Lipinski definition) is 1. The van der Waals surface area contributed by atoms with Crippen molar-refractivity contribution < 1.29 is 22.7 Å². The molecule has 0 unspecified atom stereocenters. The number of nitrogens with one attached hydrogen (secondary N) is 1. The highest BCUT2D eigenvalue weighted by atomic mass is 19.4. The molecule has 0 saturated carbocycles. The lowest BCUT2D eigenvalue weighted by atomic mass is 9.86. The van der Waals surface area contributed by atoms with E-state index in [1.165, 1.54) is 12.1 Å². The van der Waals surface area contributed by atoms with E-state index >= 15 is 0 Å². The molecule has 4 aromatic rings. The van der Waals surface area contributed by atoms with Crippen LogP contribution in [0.5, 0.6) is 5.88 Å². The molecular formula is C37H41F3N4O2. The first-order valence-corrected chi connectivity index (χ1v) is 15.8. The zero-order chi connectivity index (χ0) is 32.8. The van der Waals surface area contributed by atoms with Crippen molar-refractivity contribution in [1.82, 2.24) is 20.2 Å². The first-order valence-electron chi connectivity index (χ1n) is 15.8. The Morgan fingerprint density at radius 1 is 0.957 bits per heavy atom. The third kappa shape index (κ3) is 8.12. The largest absolute Gasteiger partial charge is 0.469 e. The second kappa shape index (κ2) is 14.5. The van der Waals surface area contributed by atoms with Gasteiger partial charge in [0.15, 0.2) is 0 Å². The number of carbonyl (C=O) groups excluding carboxylic acids is 1. The van der Waals surface area contributed by atoms with Crippen LogP contribution in [0.15, 0.2) is 79.1 Å². The Labute approximate surface area is 269 Å². The lowest BCUT2D eigenvalue weighted by Gasteiger charge is -2.39. The molecule has 6 nitrogen and oxygen atoms in total. The number of piperidine rings is 1. The molecule has 3 heterocycles. The highest BCUT2D eigenvalue weighted by Crippen LogP contribution is 2.37. The van der Waals surface area contributed by atoms with Crippen LogP contribution in [0.3, 0.4) is 0 Å². The molecule has 46 heavy (non-hydrogen) atoms. The van der Waals surface area contributed by atoms with Crippen LogP contribution in [-0.4, -0.2) is 46.5 Å². The maximum absolute atomic E-state index is 13.2. The van der Waals surface area contributed by atoms with Gasteiger partial charge in [-0.2, -0.15) is 13.2 Å². The lowest BCUT2D eigenvalue weighted by Crippen LogP contribution is -2.43. The van der Waals surface area contributed by atoms with Gasteiger partial charge >= 0.3 is 6.18 Å². The molecule has 5 rings (SSSR count). The van der Waals surface area contributed by atoms with Crippen LogP contribution in [0.4, 0.5) is 13.2 Å². The molecule has 1 N–H and O–H groups in total. The molecule has 242 valence electrons. The minimum atomic E-state index is -4.39. The van der Waals surface area contributed by atoms with Gasteiger partial charge in [-0.15, -0.1) is 0 Å². The van der Waals surface area contributed by atoms with Crippen LogP contribution in [0, 0.1) is 26.7 Å². The number of rotatable bonds is 10. The molecule has 1 saturated heterocycles. The van der Waals surface area contributed by atoms with E-state index in [0.29, 0.717) is 23.6 Å². The molecule has 1 aliphatic rings. The van der Waals surface area contributed by atoms with Crippen molar-refractivity contribution in [3.8, 4) is 17.0 Å². The van der Waals surface area contributed by atoms with Gasteiger partial charge in [0.2, 0.25) is 5.88 Å². The number of benzene rings is 2. The summed E-state index contributed by atoms with van der Waals surface area (Å²) in [6, 6.07) is 19.1. The third-order valence-corrected chi connectivity index (χ3v) is 8.92. The highest BCUT2D eigenvalue weighted by Gasteiger charge is 2.33. The summed E-state index contributed by atoms with van der Waals surface area (Å²) < 4.78 is 46.1.